The summed E-state index contributed by atoms with van der Waals surface area (Å²) in [5.74, 6) is -0.907. The molecule has 0 bridgehead atoms. The van der Waals surface area contributed by atoms with Crippen molar-refractivity contribution >= 4 is 15.9 Å². The molecule has 0 aliphatic carbocycles. The topological polar surface area (TPSA) is 94.5 Å². The third kappa shape index (κ3) is 10.5. The Morgan fingerprint density at radius 3 is 1.76 bits per heavy atom. The predicted octanol–water partition coefficient (Wildman–Crippen LogP) is -0.266. The van der Waals surface area contributed by atoms with Crippen molar-refractivity contribution in [3.8, 4) is 0 Å². The van der Waals surface area contributed by atoms with E-state index in [-0.39, 0.29) is 57.8 Å². The van der Waals surface area contributed by atoms with Crippen molar-refractivity contribution in [3.63, 3.8) is 0 Å². The number of aliphatic hydroxyl groups is 1. The summed E-state index contributed by atoms with van der Waals surface area (Å²) in [6.45, 7) is 2.93. The van der Waals surface area contributed by atoms with Gasteiger partial charge in [0.2, 0.25) is 4.93 Å². The number of rotatable bonds is 12. The fourth-order valence-corrected chi connectivity index (χ4v) is 2.35. The van der Waals surface area contributed by atoms with Crippen molar-refractivity contribution in [1.29, 1.82) is 0 Å². The Bertz CT molecular complexity index is 379. The van der Waals surface area contributed by atoms with E-state index in [0.29, 0.717) is 6.42 Å². The summed E-state index contributed by atoms with van der Waals surface area (Å²) in [7, 11) is -5.01. The van der Waals surface area contributed by atoms with Gasteiger partial charge in [0.05, 0.1) is 0 Å². The van der Waals surface area contributed by atoms with Gasteiger partial charge in [-0.2, -0.15) is 0 Å². The third-order valence-corrected chi connectivity index (χ3v) is 4.71. The minimum absolute atomic E-state index is 0. The SMILES string of the molecule is CCCCCCCCCCCC(=O)C(C)(O)S(=O)(=O)[O-].[K+]. The Morgan fingerprint density at radius 2 is 1.38 bits per heavy atom. The first-order valence-corrected chi connectivity index (χ1v) is 8.85. The van der Waals surface area contributed by atoms with Crippen molar-refractivity contribution in [1.82, 2.24) is 0 Å². The number of hydrogen-bond acceptors (Lipinski definition) is 5. The Hall–Kier alpha value is 1.18. The average molecular weight is 347 g/mol. The zero-order valence-corrected chi connectivity index (χ0v) is 17.5. The summed E-state index contributed by atoms with van der Waals surface area (Å²) < 4.78 is 32.2. The molecule has 0 saturated heterocycles. The Morgan fingerprint density at radius 1 is 1.00 bits per heavy atom. The van der Waals surface area contributed by atoms with E-state index in [1.807, 2.05) is 0 Å². The van der Waals surface area contributed by atoms with Crippen LogP contribution in [0.4, 0.5) is 0 Å². The number of ketones is 1. The number of carbonyl (C=O) groups excluding carboxylic acids is 1. The molecule has 0 aliphatic heterocycles. The molecule has 1 atom stereocenters. The predicted molar refractivity (Wildman–Crippen MR) is 77.2 cm³/mol. The fraction of sp³-hybridized carbons (Fsp3) is 0.929. The van der Waals surface area contributed by atoms with E-state index in [2.05, 4.69) is 6.92 Å². The Labute approximate surface area is 171 Å². The van der Waals surface area contributed by atoms with Crippen molar-refractivity contribution < 1.29 is 74.3 Å². The molecule has 1 unspecified atom stereocenters. The van der Waals surface area contributed by atoms with Crippen LogP contribution in [0, 0.1) is 0 Å². The molecule has 0 aromatic carbocycles. The molecule has 0 radical (unpaired) electrons. The smallest absolute Gasteiger partial charge is 0.745 e. The van der Waals surface area contributed by atoms with Gasteiger partial charge in [0.25, 0.3) is 0 Å². The number of carbonyl (C=O) groups is 1. The molecule has 0 saturated carbocycles. The van der Waals surface area contributed by atoms with Crippen LogP contribution in [-0.4, -0.2) is 28.8 Å². The van der Waals surface area contributed by atoms with Crippen LogP contribution in [0.5, 0.6) is 0 Å². The summed E-state index contributed by atoms with van der Waals surface area (Å²) in [6, 6.07) is 0. The maximum Gasteiger partial charge on any atom is 1.00 e. The van der Waals surface area contributed by atoms with Gasteiger partial charge in [-0.25, -0.2) is 8.42 Å². The second kappa shape index (κ2) is 12.6. The standard InChI is InChI=1S/C14H28O5S.K/c1-3-4-5-6-7-8-9-10-11-12-13(15)14(2,16)20(17,18)19;/h16H,3-12H2,1-2H3,(H,17,18,19);/q;+1/p-1. The quantitative estimate of drug-likeness (QED) is 0.298. The summed E-state index contributed by atoms with van der Waals surface area (Å²) >= 11 is 0. The second-order valence-corrected chi connectivity index (χ2v) is 7.14. The van der Waals surface area contributed by atoms with E-state index in [4.69, 9.17) is 0 Å². The van der Waals surface area contributed by atoms with E-state index in [0.717, 1.165) is 26.2 Å². The van der Waals surface area contributed by atoms with Crippen molar-refractivity contribution in [3.05, 3.63) is 0 Å². The molecule has 0 heterocycles. The van der Waals surface area contributed by atoms with Crippen molar-refractivity contribution in [2.75, 3.05) is 0 Å². The number of unbranched alkanes of at least 4 members (excludes halogenated alkanes) is 8. The van der Waals surface area contributed by atoms with Gasteiger partial charge >= 0.3 is 51.4 Å². The van der Waals surface area contributed by atoms with Gasteiger partial charge in [0.1, 0.15) is 10.1 Å². The van der Waals surface area contributed by atoms with Gasteiger partial charge in [0, 0.05) is 6.42 Å². The van der Waals surface area contributed by atoms with Gasteiger partial charge in [0.15, 0.2) is 5.78 Å². The molecule has 0 spiro atoms. The van der Waals surface area contributed by atoms with Crippen LogP contribution in [0.15, 0.2) is 0 Å². The molecule has 120 valence electrons. The molecule has 0 aromatic heterocycles. The monoisotopic (exact) mass is 346 g/mol. The average Bonchev–Trinajstić information content (AvgIpc) is 2.35. The summed E-state index contributed by atoms with van der Waals surface area (Å²) in [5, 5.41) is 9.39. The largest absolute Gasteiger partial charge is 1.00 e. The van der Waals surface area contributed by atoms with E-state index in [1.54, 1.807) is 0 Å². The van der Waals surface area contributed by atoms with Crippen LogP contribution in [0.2, 0.25) is 0 Å². The van der Waals surface area contributed by atoms with Crippen LogP contribution >= 0.6 is 0 Å². The van der Waals surface area contributed by atoms with E-state index >= 15 is 0 Å². The van der Waals surface area contributed by atoms with Crippen LogP contribution in [-0.2, 0) is 14.9 Å². The molecule has 0 fully saturated rings. The molecule has 21 heavy (non-hydrogen) atoms. The normalized spacial score (nSPS) is 14.3. The van der Waals surface area contributed by atoms with E-state index < -0.39 is 20.8 Å². The maximum atomic E-state index is 11.5. The first-order chi connectivity index (χ1) is 9.23. The molecule has 0 aliphatic rings. The molecule has 1 N–H and O–H groups in total. The fourth-order valence-electron chi connectivity index (χ4n) is 1.97. The third-order valence-electron chi connectivity index (χ3n) is 3.51. The van der Waals surface area contributed by atoms with Gasteiger partial charge in [-0.15, -0.1) is 0 Å². The van der Waals surface area contributed by atoms with Crippen LogP contribution in [0.3, 0.4) is 0 Å². The van der Waals surface area contributed by atoms with Gasteiger partial charge in [-0.3, -0.25) is 4.79 Å². The number of Topliss-reactive ketones (excluding diaryl/α,β-unsaturated/α-hetero) is 1. The molecule has 0 aromatic rings. The molecular formula is C14H27KO5S. The Kier molecular flexibility index (Phi) is 14.6. The summed E-state index contributed by atoms with van der Waals surface area (Å²) in [4.78, 5) is 8.70. The number of hydrogen-bond donors (Lipinski definition) is 1. The maximum absolute atomic E-state index is 11.5. The first-order valence-electron chi connectivity index (χ1n) is 7.44. The van der Waals surface area contributed by atoms with Gasteiger partial charge in [-0.05, 0) is 13.3 Å². The summed E-state index contributed by atoms with van der Waals surface area (Å²) in [6.07, 6.45) is 9.53. The van der Waals surface area contributed by atoms with Crippen LogP contribution in [0.1, 0.15) is 78.1 Å². The van der Waals surface area contributed by atoms with Crippen LogP contribution in [0.25, 0.3) is 0 Å². The van der Waals surface area contributed by atoms with Gasteiger partial charge < -0.3 is 9.66 Å². The second-order valence-electron chi connectivity index (χ2n) is 5.44. The Balaban J connectivity index is 0. The van der Waals surface area contributed by atoms with Gasteiger partial charge in [-0.1, -0.05) is 58.3 Å². The van der Waals surface area contributed by atoms with Crippen LogP contribution < -0.4 is 51.4 Å². The molecule has 0 amide bonds. The van der Waals surface area contributed by atoms with E-state index in [1.165, 1.54) is 32.1 Å². The summed E-state index contributed by atoms with van der Waals surface area (Å²) in [5.41, 5.74) is 0. The minimum Gasteiger partial charge on any atom is -0.745 e. The molecule has 0 rings (SSSR count). The minimum atomic E-state index is -5.01. The zero-order chi connectivity index (χ0) is 15.6. The first kappa shape index (κ1) is 24.4. The van der Waals surface area contributed by atoms with E-state index in [9.17, 15) is 22.9 Å². The zero-order valence-electron chi connectivity index (χ0n) is 13.6. The molecule has 5 nitrogen and oxygen atoms in total. The molecular weight excluding hydrogens is 319 g/mol. The van der Waals surface area contributed by atoms with Crippen molar-refractivity contribution in [2.24, 2.45) is 0 Å². The molecule has 7 heteroatoms. The van der Waals surface area contributed by atoms with Crippen molar-refractivity contribution in [2.45, 2.75) is 83.0 Å².